The number of esters is 4. The fourth-order valence-electron chi connectivity index (χ4n) is 11.3. The highest BCUT2D eigenvalue weighted by Crippen LogP contribution is 2.45. The van der Waals surface area contributed by atoms with Crippen LogP contribution in [0.2, 0.25) is 0 Å². The van der Waals surface area contributed by atoms with E-state index in [1.54, 1.807) is 0 Å². The molecule has 0 heterocycles. The summed E-state index contributed by atoms with van der Waals surface area (Å²) in [6.07, 6.45) is 82.4. The lowest BCUT2D eigenvalue weighted by Gasteiger charge is -2.21. The van der Waals surface area contributed by atoms with Gasteiger partial charge >= 0.3 is 39.5 Å². The van der Waals surface area contributed by atoms with Gasteiger partial charge in [-0.3, -0.25) is 37.3 Å². The smallest absolute Gasteiger partial charge is 0.462 e. The molecule has 19 heteroatoms. The molecule has 0 rings (SSSR count). The summed E-state index contributed by atoms with van der Waals surface area (Å²) in [6.45, 7) is 4.71. The van der Waals surface area contributed by atoms with Crippen LogP contribution in [0.4, 0.5) is 0 Å². The van der Waals surface area contributed by atoms with Crippen LogP contribution in [0, 0.1) is 0 Å². The van der Waals surface area contributed by atoms with Gasteiger partial charge in [-0.2, -0.15) is 0 Å². The van der Waals surface area contributed by atoms with E-state index in [-0.39, 0.29) is 25.7 Å². The van der Waals surface area contributed by atoms with Gasteiger partial charge in [0.1, 0.15) is 19.3 Å². The molecule has 0 aromatic heterocycles. The Morgan fingerprint density at radius 1 is 0.279 bits per heavy atom. The number of aliphatic hydroxyl groups is 1. The van der Waals surface area contributed by atoms with Crippen molar-refractivity contribution < 1.29 is 80.2 Å². The molecular weight excluding hydrogens is 1350 g/mol. The van der Waals surface area contributed by atoms with Crippen molar-refractivity contribution in [2.75, 3.05) is 39.6 Å². The Labute approximate surface area is 633 Å². The maximum Gasteiger partial charge on any atom is 0.472 e. The summed E-state index contributed by atoms with van der Waals surface area (Å²) in [5, 5.41) is 10.7. The van der Waals surface area contributed by atoms with Gasteiger partial charge in [-0.1, -0.05) is 337 Å². The molecule has 0 aliphatic heterocycles. The Morgan fingerprint density at radius 2 is 0.519 bits per heavy atom. The van der Waals surface area contributed by atoms with Crippen LogP contribution in [0.15, 0.2) is 97.2 Å². The predicted octanol–water partition coefficient (Wildman–Crippen LogP) is 24.3. The van der Waals surface area contributed by atoms with E-state index in [0.717, 1.165) is 128 Å². The van der Waals surface area contributed by atoms with E-state index in [1.165, 1.54) is 148 Å². The Morgan fingerprint density at radius 3 is 0.846 bits per heavy atom. The topological polar surface area (TPSA) is 237 Å². The average Bonchev–Trinajstić information content (AvgIpc) is 0.918. The van der Waals surface area contributed by atoms with Crippen molar-refractivity contribution in [2.45, 2.75) is 380 Å². The number of aliphatic hydroxyl groups excluding tert-OH is 1. The van der Waals surface area contributed by atoms with E-state index in [1.807, 2.05) is 12.2 Å². The number of carbonyl (C=O) groups excluding carboxylic acids is 4. The minimum absolute atomic E-state index is 0.0383. The molecule has 17 nitrogen and oxygen atoms in total. The van der Waals surface area contributed by atoms with Crippen molar-refractivity contribution in [3.05, 3.63) is 97.2 Å². The Bertz CT molecular complexity index is 2350. The molecule has 5 atom stereocenters. The third kappa shape index (κ3) is 76.2. The van der Waals surface area contributed by atoms with Crippen LogP contribution in [0.1, 0.15) is 362 Å². The highest BCUT2D eigenvalue weighted by molar-refractivity contribution is 7.47. The van der Waals surface area contributed by atoms with Crippen LogP contribution < -0.4 is 0 Å². The number of unbranched alkanes of at least 4 members (excludes halogenated alkanes) is 36. The van der Waals surface area contributed by atoms with Crippen LogP contribution in [-0.4, -0.2) is 96.7 Å². The Balaban J connectivity index is 5.40. The number of rotatable bonds is 78. The summed E-state index contributed by atoms with van der Waals surface area (Å²) in [7, 11) is -9.97. The molecule has 104 heavy (non-hydrogen) atoms. The zero-order valence-electron chi connectivity index (χ0n) is 65.9. The van der Waals surface area contributed by atoms with E-state index >= 15 is 0 Å². The largest absolute Gasteiger partial charge is 0.472 e. The van der Waals surface area contributed by atoms with Gasteiger partial charge in [-0.15, -0.1) is 0 Å². The van der Waals surface area contributed by atoms with E-state index < -0.39 is 97.5 Å². The summed E-state index contributed by atoms with van der Waals surface area (Å²) in [6, 6.07) is 0. The second kappa shape index (κ2) is 77.1. The quantitative estimate of drug-likeness (QED) is 0.0169. The summed E-state index contributed by atoms with van der Waals surface area (Å²) in [5.41, 5.74) is 0. The molecule has 602 valence electrons. The SMILES string of the molecule is CC/C=C\C/C=C\C/C=C\C/C=C\C/C=C\C/C=C\CCC(=O)OCC(COP(=O)(O)OCC(O)COP(=O)(O)OCC(COC(=O)CCCCCCC/C=C\C/C=C\CCCCC)OC(=O)CCCCCCCCCCCCCCCCC)OC(=O)CCCCCCCCCCCCCCCCC. The highest BCUT2D eigenvalue weighted by Gasteiger charge is 2.30. The fraction of sp³-hybridized carbons (Fsp3) is 0.765. The number of allylic oxidation sites excluding steroid dienone is 16. The molecule has 0 aromatic carbocycles. The maximum atomic E-state index is 13.1. The predicted molar refractivity (Wildman–Crippen MR) is 427 cm³/mol. The molecule has 0 aromatic rings. The zero-order valence-corrected chi connectivity index (χ0v) is 67.7. The molecule has 0 saturated carbocycles. The van der Waals surface area contributed by atoms with E-state index in [9.17, 15) is 43.2 Å². The third-order valence-electron chi connectivity index (χ3n) is 17.6. The minimum atomic E-state index is -4.99. The molecule has 0 fully saturated rings. The van der Waals surface area contributed by atoms with Gasteiger partial charge in [-0.05, 0) is 96.3 Å². The Hall–Kier alpha value is -4.02. The van der Waals surface area contributed by atoms with E-state index in [2.05, 4.69) is 113 Å². The standard InChI is InChI=1S/C85H150O17P2/c1-5-9-13-17-21-25-29-33-37-38-39-40-44-46-50-54-58-62-66-70-83(88)96-76-81(102-85(90)72-68-64-60-56-52-48-43-36-32-28-24-20-16-12-8-4)78-100-104(93,94)98-74-79(86)73-97-103(91,92)99-77-80(101-84(89)71-67-63-59-55-51-47-42-35-31-27-23-19-15-11-7-3)75-95-82(87)69-65-61-57-53-49-45-41-34-30-26-22-18-14-10-6-2/h9,13,21-22,25-26,33-34,37,39-41,46,50,58,62,79-81,86H,5-8,10-12,14-20,23-24,27-32,35-36,38,42-45,47-49,51-57,59-61,63-78H2,1-4H3,(H,91,92)(H,93,94)/b13-9-,25-21-,26-22-,37-33-,40-39-,41-34-,50-46-,62-58-. The maximum absolute atomic E-state index is 13.1. The first-order valence-electron chi connectivity index (χ1n) is 41.5. The molecule has 3 N–H and O–H groups in total. The van der Waals surface area contributed by atoms with Crippen molar-refractivity contribution in [1.29, 1.82) is 0 Å². The monoisotopic (exact) mass is 1510 g/mol. The van der Waals surface area contributed by atoms with Gasteiger partial charge in [0.05, 0.1) is 26.4 Å². The Kier molecular flexibility index (Phi) is 74.2. The number of carbonyl (C=O) groups is 4. The van der Waals surface area contributed by atoms with Crippen molar-refractivity contribution in [1.82, 2.24) is 0 Å². The van der Waals surface area contributed by atoms with Gasteiger partial charge in [0.2, 0.25) is 0 Å². The summed E-state index contributed by atoms with van der Waals surface area (Å²) in [5.74, 6) is -2.26. The van der Waals surface area contributed by atoms with Crippen LogP contribution >= 0.6 is 15.6 Å². The van der Waals surface area contributed by atoms with Crippen LogP contribution in [-0.2, 0) is 65.4 Å². The summed E-state index contributed by atoms with van der Waals surface area (Å²) in [4.78, 5) is 73.1. The molecule has 0 aliphatic rings. The first-order chi connectivity index (χ1) is 50.7. The second-order valence-electron chi connectivity index (χ2n) is 27.7. The van der Waals surface area contributed by atoms with Crippen LogP contribution in [0.3, 0.4) is 0 Å². The van der Waals surface area contributed by atoms with Gasteiger partial charge in [0.15, 0.2) is 12.2 Å². The lowest BCUT2D eigenvalue weighted by Crippen LogP contribution is -2.30. The molecule has 0 amide bonds. The minimum Gasteiger partial charge on any atom is -0.462 e. The molecule has 0 saturated heterocycles. The van der Waals surface area contributed by atoms with Crippen molar-refractivity contribution in [3.63, 3.8) is 0 Å². The molecule has 0 bridgehead atoms. The fourth-order valence-corrected chi connectivity index (χ4v) is 12.9. The van der Waals surface area contributed by atoms with Gasteiger partial charge < -0.3 is 33.8 Å². The van der Waals surface area contributed by atoms with Crippen LogP contribution in [0.5, 0.6) is 0 Å². The van der Waals surface area contributed by atoms with Gasteiger partial charge in [0.25, 0.3) is 0 Å². The van der Waals surface area contributed by atoms with E-state index in [0.29, 0.717) is 32.1 Å². The molecule has 0 spiro atoms. The molecule has 0 radical (unpaired) electrons. The summed E-state index contributed by atoms with van der Waals surface area (Å²) >= 11 is 0. The average molecular weight is 1510 g/mol. The van der Waals surface area contributed by atoms with Crippen LogP contribution in [0.25, 0.3) is 0 Å². The number of phosphoric ester groups is 2. The number of phosphoric acid groups is 2. The van der Waals surface area contributed by atoms with Gasteiger partial charge in [0, 0.05) is 25.7 Å². The number of hydrogen-bond donors (Lipinski definition) is 3. The molecule has 5 unspecified atom stereocenters. The number of hydrogen-bond acceptors (Lipinski definition) is 15. The summed E-state index contributed by atoms with van der Waals surface area (Å²) < 4.78 is 68.6. The lowest BCUT2D eigenvalue weighted by molar-refractivity contribution is -0.161. The third-order valence-corrected chi connectivity index (χ3v) is 19.5. The second-order valence-corrected chi connectivity index (χ2v) is 30.6. The first-order valence-corrected chi connectivity index (χ1v) is 44.5. The lowest BCUT2D eigenvalue weighted by atomic mass is 10.0. The van der Waals surface area contributed by atoms with Crippen molar-refractivity contribution in [3.8, 4) is 0 Å². The molecule has 0 aliphatic carbocycles. The normalized spacial score (nSPS) is 14.3. The van der Waals surface area contributed by atoms with E-state index in [4.69, 9.17) is 37.0 Å². The van der Waals surface area contributed by atoms with Crippen molar-refractivity contribution in [2.24, 2.45) is 0 Å². The highest BCUT2D eigenvalue weighted by atomic mass is 31.2. The molecular formula is C85H150O17P2. The zero-order chi connectivity index (χ0) is 76.0. The number of ether oxygens (including phenoxy) is 4. The van der Waals surface area contributed by atoms with Gasteiger partial charge in [-0.25, -0.2) is 9.13 Å². The van der Waals surface area contributed by atoms with Crippen molar-refractivity contribution >= 4 is 39.5 Å². The first kappa shape index (κ1) is 100.0.